The summed E-state index contributed by atoms with van der Waals surface area (Å²) in [5, 5.41) is 12.8. The van der Waals surface area contributed by atoms with E-state index in [-0.39, 0.29) is 0 Å². The molecular weight excluding hydrogens is 214 g/mol. The van der Waals surface area contributed by atoms with Gasteiger partial charge in [-0.15, -0.1) is 0 Å². The number of carboxylic acids is 1. The highest BCUT2D eigenvalue weighted by molar-refractivity contribution is 5.78. The average Bonchev–Trinajstić information content (AvgIpc) is 2.20. The number of carboxylic acid groups (broad SMARTS) is 1. The van der Waals surface area contributed by atoms with Gasteiger partial charge < -0.3 is 5.11 Å². The molecule has 1 saturated carbocycles. The first kappa shape index (κ1) is 14.5. The van der Waals surface area contributed by atoms with Crippen LogP contribution in [0, 0.1) is 11.8 Å². The molecule has 0 aromatic rings. The summed E-state index contributed by atoms with van der Waals surface area (Å²) >= 11 is 0. The van der Waals surface area contributed by atoms with Crippen LogP contribution in [0.2, 0.25) is 0 Å². The Labute approximate surface area is 105 Å². The third kappa shape index (κ3) is 4.30. The van der Waals surface area contributed by atoms with E-state index in [1.807, 2.05) is 6.92 Å². The van der Waals surface area contributed by atoms with Crippen molar-refractivity contribution in [3.8, 4) is 0 Å². The lowest BCUT2D eigenvalue weighted by Crippen LogP contribution is -2.55. The van der Waals surface area contributed by atoms with Crippen LogP contribution in [0.1, 0.15) is 59.8 Å². The van der Waals surface area contributed by atoms with E-state index in [0.717, 1.165) is 18.8 Å². The number of hydrogen-bond acceptors (Lipinski definition) is 2. The normalized spacial score (nSPS) is 29.0. The number of aliphatic carboxylic acids is 1. The van der Waals surface area contributed by atoms with Crippen LogP contribution in [-0.4, -0.2) is 22.7 Å². The summed E-state index contributed by atoms with van der Waals surface area (Å²) in [6.45, 7) is 8.26. The molecule has 1 rings (SSSR count). The number of carbonyl (C=O) groups is 1. The highest BCUT2D eigenvalue weighted by Crippen LogP contribution is 2.26. The van der Waals surface area contributed by atoms with Crippen LogP contribution in [0.25, 0.3) is 0 Å². The van der Waals surface area contributed by atoms with Gasteiger partial charge in [0, 0.05) is 6.04 Å². The van der Waals surface area contributed by atoms with Crippen molar-refractivity contribution in [1.82, 2.24) is 5.32 Å². The summed E-state index contributed by atoms with van der Waals surface area (Å²) in [5.74, 6) is 0.477. The van der Waals surface area contributed by atoms with E-state index >= 15 is 0 Å². The van der Waals surface area contributed by atoms with Gasteiger partial charge in [0.15, 0.2) is 0 Å². The minimum atomic E-state index is -0.764. The molecule has 0 amide bonds. The van der Waals surface area contributed by atoms with Crippen molar-refractivity contribution in [1.29, 1.82) is 0 Å². The van der Waals surface area contributed by atoms with E-state index < -0.39 is 11.5 Å². The molecular formula is C14H27NO2. The SMILES string of the molecule is CC(C)CC(C)(NC1CCC(C)CC1)C(=O)O. The third-order valence-electron chi connectivity index (χ3n) is 3.83. The molecule has 1 unspecified atom stereocenters. The van der Waals surface area contributed by atoms with Gasteiger partial charge in [-0.3, -0.25) is 10.1 Å². The Morgan fingerprint density at radius 2 is 1.88 bits per heavy atom. The standard InChI is InChI=1S/C14H27NO2/c1-10(2)9-14(4,13(16)17)15-12-7-5-11(3)6-8-12/h10-12,15H,5-9H2,1-4H3,(H,16,17). The molecule has 17 heavy (non-hydrogen) atoms. The Morgan fingerprint density at radius 1 is 1.35 bits per heavy atom. The molecule has 0 spiro atoms. The molecule has 0 heterocycles. The van der Waals surface area contributed by atoms with Crippen molar-refractivity contribution < 1.29 is 9.90 Å². The van der Waals surface area contributed by atoms with Crippen molar-refractivity contribution in [3.63, 3.8) is 0 Å². The van der Waals surface area contributed by atoms with Gasteiger partial charge in [0.1, 0.15) is 5.54 Å². The van der Waals surface area contributed by atoms with Crippen molar-refractivity contribution in [2.75, 3.05) is 0 Å². The molecule has 0 aromatic heterocycles. The van der Waals surface area contributed by atoms with Crippen LogP contribution in [-0.2, 0) is 4.79 Å². The largest absolute Gasteiger partial charge is 0.480 e. The quantitative estimate of drug-likeness (QED) is 0.778. The lowest BCUT2D eigenvalue weighted by atomic mass is 9.84. The van der Waals surface area contributed by atoms with Gasteiger partial charge in [0.05, 0.1) is 0 Å². The Balaban J connectivity index is 2.57. The van der Waals surface area contributed by atoms with E-state index in [9.17, 15) is 9.90 Å². The first-order valence-electron chi connectivity index (χ1n) is 6.84. The molecule has 0 aromatic carbocycles. The zero-order chi connectivity index (χ0) is 13.1. The second kappa shape index (κ2) is 5.85. The summed E-state index contributed by atoms with van der Waals surface area (Å²) in [7, 11) is 0. The van der Waals surface area contributed by atoms with Crippen LogP contribution >= 0.6 is 0 Å². The maximum atomic E-state index is 11.4. The molecule has 0 radical (unpaired) electrons. The molecule has 0 saturated heterocycles. The summed E-state index contributed by atoms with van der Waals surface area (Å²) in [4.78, 5) is 11.4. The first-order chi connectivity index (χ1) is 7.83. The smallest absolute Gasteiger partial charge is 0.323 e. The minimum Gasteiger partial charge on any atom is -0.480 e. The van der Waals surface area contributed by atoms with Gasteiger partial charge in [0.2, 0.25) is 0 Å². The zero-order valence-electron chi connectivity index (χ0n) is 11.6. The maximum absolute atomic E-state index is 11.4. The summed E-state index contributed by atoms with van der Waals surface area (Å²) < 4.78 is 0. The van der Waals surface area contributed by atoms with Crippen LogP contribution in [0.15, 0.2) is 0 Å². The molecule has 100 valence electrons. The average molecular weight is 241 g/mol. The number of nitrogens with one attached hydrogen (secondary N) is 1. The highest BCUT2D eigenvalue weighted by Gasteiger charge is 2.36. The molecule has 3 heteroatoms. The first-order valence-corrected chi connectivity index (χ1v) is 6.84. The second-order valence-corrected chi connectivity index (χ2v) is 6.34. The molecule has 3 nitrogen and oxygen atoms in total. The van der Waals surface area contributed by atoms with Gasteiger partial charge in [-0.2, -0.15) is 0 Å². The van der Waals surface area contributed by atoms with E-state index in [1.165, 1.54) is 12.8 Å². The van der Waals surface area contributed by atoms with Gasteiger partial charge >= 0.3 is 5.97 Å². The Morgan fingerprint density at radius 3 is 2.29 bits per heavy atom. The zero-order valence-corrected chi connectivity index (χ0v) is 11.6. The van der Waals surface area contributed by atoms with Crippen LogP contribution < -0.4 is 5.32 Å². The Hall–Kier alpha value is -0.570. The van der Waals surface area contributed by atoms with E-state index in [2.05, 4.69) is 26.1 Å². The summed E-state index contributed by atoms with van der Waals surface area (Å²) in [6, 6.07) is 0.381. The molecule has 1 aliphatic rings. The topological polar surface area (TPSA) is 49.3 Å². The van der Waals surface area contributed by atoms with Crippen LogP contribution in [0.4, 0.5) is 0 Å². The molecule has 1 fully saturated rings. The lowest BCUT2D eigenvalue weighted by molar-refractivity contribution is -0.145. The van der Waals surface area contributed by atoms with Gasteiger partial charge in [-0.1, -0.05) is 20.8 Å². The van der Waals surface area contributed by atoms with Gasteiger partial charge in [-0.25, -0.2) is 0 Å². The summed E-state index contributed by atoms with van der Waals surface area (Å²) in [5.41, 5.74) is -0.764. The molecule has 0 bridgehead atoms. The van der Waals surface area contributed by atoms with Crippen molar-refractivity contribution in [2.45, 2.75) is 71.4 Å². The van der Waals surface area contributed by atoms with Crippen molar-refractivity contribution in [2.24, 2.45) is 11.8 Å². The van der Waals surface area contributed by atoms with Crippen LogP contribution in [0.3, 0.4) is 0 Å². The highest BCUT2D eigenvalue weighted by atomic mass is 16.4. The van der Waals surface area contributed by atoms with E-state index in [0.29, 0.717) is 18.4 Å². The number of rotatable bonds is 5. The third-order valence-corrected chi connectivity index (χ3v) is 3.83. The summed E-state index contributed by atoms with van der Waals surface area (Å²) in [6.07, 6.45) is 5.35. The van der Waals surface area contributed by atoms with Crippen molar-refractivity contribution in [3.05, 3.63) is 0 Å². The van der Waals surface area contributed by atoms with E-state index in [1.54, 1.807) is 0 Å². The van der Waals surface area contributed by atoms with Gasteiger partial charge in [-0.05, 0) is 50.9 Å². The van der Waals surface area contributed by atoms with Crippen molar-refractivity contribution >= 4 is 5.97 Å². The molecule has 2 N–H and O–H groups in total. The predicted octanol–water partition coefficient (Wildman–Crippen LogP) is 3.04. The van der Waals surface area contributed by atoms with Gasteiger partial charge in [0.25, 0.3) is 0 Å². The predicted molar refractivity (Wildman–Crippen MR) is 70.1 cm³/mol. The Kier molecular flexibility index (Phi) is 4.99. The van der Waals surface area contributed by atoms with E-state index in [4.69, 9.17) is 0 Å². The minimum absolute atomic E-state index is 0.381. The molecule has 1 aliphatic carbocycles. The van der Waals surface area contributed by atoms with Crippen LogP contribution in [0.5, 0.6) is 0 Å². The fourth-order valence-electron chi connectivity index (χ4n) is 2.88. The molecule has 0 aliphatic heterocycles. The maximum Gasteiger partial charge on any atom is 0.323 e. The Bertz CT molecular complexity index is 257. The second-order valence-electron chi connectivity index (χ2n) is 6.34. The monoisotopic (exact) mass is 241 g/mol. The molecule has 1 atom stereocenters. The fraction of sp³-hybridized carbons (Fsp3) is 0.929. The number of hydrogen-bond donors (Lipinski definition) is 2. The fourth-order valence-corrected chi connectivity index (χ4v) is 2.88. The lowest BCUT2D eigenvalue weighted by Gasteiger charge is -2.36.